The summed E-state index contributed by atoms with van der Waals surface area (Å²) < 4.78 is 0. The van der Waals surface area contributed by atoms with E-state index in [4.69, 9.17) is 0 Å². The van der Waals surface area contributed by atoms with Gasteiger partial charge in [-0.3, -0.25) is 0 Å². The normalized spacial score (nSPS) is 40.8. The van der Waals surface area contributed by atoms with Crippen LogP contribution in [0, 0.1) is 11.8 Å². The zero-order chi connectivity index (χ0) is 9.10. The van der Waals surface area contributed by atoms with Crippen molar-refractivity contribution in [2.75, 3.05) is 6.54 Å². The lowest BCUT2D eigenvalue weighted by atomic mass is 9.84. The summed E-state index contributed by atoms with van der Waals surface area (Å²) in [6.07, 6.45) is 10.2. The fourth-order valence-electron chi connectivity index (χ4n) is 3.18. The Hall–Kier alpha value is -0.0400. The topological polar surface area (TPSA) is 12.0 Å². The van der Waals surface area contributed by atoms with Gasteiger partial charge in [0, 0.05) is 6.04 Å². The predicted octanol–water partition coefficient (Wildman–Crippen LogP) is 2.95. The summed E-state index contributed by atoms with van der Waals surface area (Å²) in [5.74, 6) is 2.05. The highest BCUT2D eigenvalue weighted by molar-refractivity contribution is 4.85. The van der Waals surface area contributed by atoms with Crippen molar-refractivity contribution in [2.45, 2.75) is 57.9 Å². The van der Waals surface area contributed by atoms with Crippen LogP contribution in [0.2, 0.25) is 0 Å². The fraction of sp³-hybridized carbons (Fsp3) is 1.00. The first-order valence-corrected chi connectivity index (χ1v) is 6.13. The van der Waals surface area contributed by atoms with Crippen LogP contribution in [0.1, 0.15) is 51.9 Å². The van der Waals surface area contributed by atoms with Crippen LogP contribution in [0.5, 0.6) is 0 Å². The Labute approximate surface area is 82.3 Å². The average molecular weight is 181 g/mol. The predicted molar refractivity (Wildman–Crippen MR) is 56.8 cm³/mol. The Bertz CT molecular complexity index is 155. The van der Waals surface area contributed by atoms with Gasteiger partial charge in [0.2, 0.25) is 0 Å². The van der Waals surface area contributed by atoms with Gasteiger partial charge in [-0.25, -0.2) is 0 Å². The van der Waals surface area contributed by atoms with Crippen molar-refractivity contribution in [2.24, 2.45) is 11.8 Å². The van der Waals surface area contributed by atoms with Crippen molar-refractivity contribution >= 4 is 0 Å². The molecule has 1 N–H and O–H groups in total. The summed E-state index contributed by atoms with van der Waals surface area (Å²) in [6.45, 7) is 3.64. The molecule has 1 aliphatic heterocycles. The lowest BCUT2D eigenvalue weighted by Crippen LogP contribution is -2.40. The van der Waals surface area contributed by atoms with Crippen molar-refractivity contribution in [1.29, 1.82) is 0 Å². The highest BCUT2D eigenvalue weighted by atomic mass is 14.9. The number of piperidine rings is 1. The number of hydrogen-bond donors (Lipinski definition) is 1. The summed E-state index contributed by atoms with van der Waals surface area (Å²) >= 11 is 0. The van der Waals surface area contributed by atoms with Gasteiger partial charge in [-0.05, 0) is 44.1 Å². The fourth-order valence-corrected chi connectivity index (χ4v) is 3.18. The highest BCUT2D eigenvalue weighted by Gasteiger charge is 2.28. The quantitative estimate of drug-likeness (QED) is 0.656. The minimum absolute atomic E-state index is 0.880. The first kappa shape index (κ1) is 9.51. The molecule has 76 valence electrons. The molecule has 3 unspecified atom stereocenters. The second kappa shape index (κ2) is 4.45. The monoisotopic (exact) mass is 181 g/mol. The van der Waals surface area contributed by atoms with E-state index in [1.165, 1.54) is 51.5 Å². The molecule has 2 rings (SSSR count). The van der Waals surface area contributed by atoms with Gasteiger partial charge in [0.1, 0.15) is 0 Å². The largest absolute Gasteiger partial charge is 0.314 e. The average Bonchev–Trinajstić information content (AvgIpc) is 2.38. The molecule has 1 aliphatic carbocycles. The third-order valence-electron chi connectivity index (χ3n) is 4.07. The number of rotatable bonds is 1. The van der Waals surface area contributed by atoms with E-state index in [1.54, 1.807) is 0 Å². The summed E-state index contributed by atoms with van der Waals surface area (Å²) in [5.41, 5.74) is 0. The third-order valence-corrected chi connectivity index (χ3v) is 4.07. The van der Waals surface area contributed by atoms with Gasteiger partial charge in [-0.1, -0.05) is 26.2 Å². The molecular weight excluding hydrogens is 158 g/mol. The van der Waals surface area contributed by atoms with Gasteiger partial charge in [0.25, 0.3) is 0 Å². The SMILES string of the molecule is CCC1CCCC2NCCCC2C1. The van der Waals surface area contributed by atoms with Crippen molar-refractivity contribution in [3.63, 3.8) is 0 Å². The molecule has 1 saturated heterocycles. The maximum Gasteiger partial charge on any atom is 0.00954 e. The molecule has 2 fully saturated rings. The van der Waals surface area contributed by atoms with Gasteiger partial charge >= 0.3 is 0 Å². The number of hydrogen-bond acceptors (Lipinski definition) is 1. The van der Waals surface area contributed by atoms with Crippen molar-refractivity contribution in [1.82, 2.24) is 5.32 Å². The Morgan fingerprint density at radius 1 is 1.15 bits per heavy atom. The van der Waals surface area contributed by atoms with E-state index in [0.717, 1.165) is 17.9 Å². The van der Waals surface area contributed by atoms with Gasteiger partial charge in [-0.15, -0.1) is 0 Å². The summed E-state index contributed by atoms with van der Waals surface area (Å²) in [5, 5.41) is 3.71. The first-order valence-electron chi connectivity index (χ1n) is 6.13. The Balaban J connectivity index is 1.94. The molecule has 2 aliphatic rings. The molecule has 0 spiro atoms. The van der Waals surface area contributed by atoms with E-state index in [-0.39, 0.29) is 0 Å². The van der Waals surface area contributed by atoms with Crippen LogP contribution in [0.3, 0.4) is 0 Å². The van der Waals surface area contributed by atoms with Crippen LogP contribution in [-0.4, -0.2) is 12.6 Å². The highest BCUT2D eigenvalue weighted by Crippen LogP contribution is 2.33. The molecule has 0 aromatic carbocycles. The van der Waals surface area contributed by atoms with Crippen LogP contribution in [0.15, 0.2) is 0 Å². The van der Waals surface area contributed by atoms with E-state index in [1.807, 2.05) is 0 Å². The van der Waals surface area contributed by atoms with Crippen LogP contribution in [0.25, 0.3) is 0 Å². The first-order chi connectivity index (χ1) is 6.40. The Morgan fingerprint density at radius 3 is 2.92 bits per heavy atom. The molecule has 1 nitrogen and oxygen atoms in total. The summed E-state index contributed by atoms with van der Waals surface area (Å²) in [4.78, 5) is 0. The molecule has 0 amide bonds. The van der Waals surface area contributed by atoms with Gasteiger partial charge in [0.05, 0.1) is 0 Å². The summed E-state index contributed by atoms with van der Waals surface area (Å²) in [7, 11) is 0. The van der Waals surface area contributed by atoms with E-state index < -0.39 is 0 Å². The molecule has 1 saturated carbocycles. The van der Waals surface area contributed by atoms with Crippen LogP contribution in [0.4, 0.5) is 0 Å². The molecular formula is C12H23N. The number of fused-ring (bicyclic) bond motifs is 1. The zero-order valence-corrected chi connectivity index (χ0v) is 8.89. The second-order valence-electron chi connectivity index (χ2n) is 4.90. The minimum Gasteiger partial charge on any atom is -0.314 e. The van der Waals surface area contributed by atoms with Gasteiger partial charge in [0.15, 0.2) is 0 Å². The lowest BCUT2D eigenvalue weighted by molar-refractivity contribution is 0.245. The zero-order valence-electron chi connectivity index (χ0n) is 8.89. The molecule has 0 bridgehead atoms. The molecule has 1 heteroatoms. The van der Waals surface area contributed by atoms with E-state index in [0.29, 0.717) is 0 Å². The molecule has 1 heterocycles. The van der Waals surface area contributed by atoms with Gasteiger partial charge < -0.3 is 5.32 Å². The maximum atomic E-state index is 3.71. The van der Waals surface area contributed by atoms with Gasteiger partial charge in [-0.2, -0.15) is 0 Å². The minimum atomic E-state index is 0.880. The second-order valence-corrected chi connectivity index (χ2v) is 4.90. The lowest BCUT2D eigenvalue weighted by Gasteiger charge is -2.32. The smallest absolute Gasteiger partial charge is 0.00954 e. The Kier molecular flexibility index (Phi) is 3.26. The number of nitrogens with one attached hydrogen (secondary N) is 1. The molecule has 3 atom stereocenters. The van der Waals surface area contributed by atoms with Crippen molar-refractivity contribution in [3.05, 3.63) is 0 Å². The Morgan fingerprint density at radius 2 is 2.08 bits per heavy atom. The van der Waals surface area contributed by atoms with Crippen LogP contribution >= 0.6 is 0 Å². The maximum absolute atomic E-state index is 3.71. The van der Waals surface area contributed by atoms with E-state index >= 15 is 0 Å². The molecule has 0 radical (unpaired) electrons. The van der Waals surface area contributed by atoms with Crippen LogP contribution < -0.4 is 5.32 Å². The standard InChI is InChI=1S/C12H23N/c1-2-10-5-3-7-12-11(9-10)6-4-8-13-12/h10-13H,2-9H2,1H3. The summed E-state index contributed by atoms with van der Waals surface area (Å²) in [6, 6.07) is 0.880. The van der Waals surface area contributed by atoms with Crippen molar-refractivity contribution < 1.29 is 0 Å². The third kappa shape index (κ3) is 2.25. The van der Waals surface area contributed by atoms with E-state index in [9.17, 15) is 0 Å². The molecule has 13 heavy (non-hydrogen) atoms. The molecule has 0 aromatic heterocycles. The van der Waals surface area contributed by atoms with Crippen molar-refractivity contribution in [3.8, 4) is 0 Å². The van der Waals surface area contributed by atoms with E-state index in [2.05, 4.69) is 12.2 Å². The molecule has 0 aromatic rings. The van der Waals surface area contributed by atoms with Crippen LogP contribution in [-0.2, 0) is 0 Å².